The molecular formula is C36H34Cl4F2N2O6. The summed E-state index contributed by atoms with van der Waals surface area (Å²) in [6.45, 7) is 12.8. The predicted molar refractivity (Wildman–Crippen MR) is 192 cm³/mol. The van der Waals surface area contributed by atoms with Gasteiger partial charge in [-0.3, -0.25) is 9.59 Å². The molecule has 1 saturated carbocycles. The Kier molecular flexibility index (Phi) is 11.3. The summed E-state index contributed by atoms with van der Waals surface area (Å²) in [6.07, 6.45) is -1.87. The number of ketones is 1. The number of carbonyl (C=O) groups excluding carboxylic acids is 4. The second-order valence-corrected chi connectivity index (χ2v) is 15.9. The Morgan fingerprint density at radius 3 is 2.08 bits per heavy atom. The smallest absolute Gasteiger partial charge is 0.424 e. The zero-order valence-corrected chi connectivity index (χ0v) is 31.0. The van der Waals surface area contributed by atoms with Crippen molar-refractivity contribution < 1.29 is 37.4 Å². The third-order valence-corrected chi connectivity index (χ3v) is 8.77. The molecule has 1 aliphatic rings. The van der Waals surface area contributed by atoms with Crippen LogP contribution < -0.4 is 10.2 Å². The van der Waals surface area contributed by atoms with E-state index in [9.17, 15) is 19.2 Å². The number of halogens is 6. The topological polar surface area (TPSA) is 102 Å². The van der Waals surface area contributed by atoms with Gasteiger partial charge in [-0.25, -0.2) is 18.4 Å². The minimum Gasteiger partial charge on any atom is -0.443 e. The Morgan fingerprint density at radius 2 is 1.52 bits per heavy atom. The van der Waals surface area contributed by atoms with Crippen LogP contribution in [0.1, 0.15) is 74.5 Å². The predicted octanol–water partition coefficient (Wildman–Crippen LogP) is 10.5. The second kappa shape index (κ2) is 14.5. The summed E-state index contributed by atoms with van der Waals surface area (Å²) in [5.74, 6) is -5.40. The third kappa shape index (κ3) is 8.96. The lowest BCUT2D eigenvalue weighted by Gasteiger charge is -2.29. The van der Waals surface area contributed by atoms with Crippen LogP contribution >= 0.6 is 46.4 Å². The van der Waals surface area contributed by atoms with E-state index in [-0.39, 0.29) is 26.7 Å². The van der Waals surface area contributed by atoms with Crippen LogP contribution in [0.15, 0.2) is 55.1 Å². The fraction of sp³-hybridized carbons (Fsp3) is 0.333. The molecular weight excluding hydrogens is 736 g/mol. The summed E-state index contributed by atoms with van der Waals surface area (Å²) in [6, 6.07) is 11.0. The Balaban J connectivity index is 1.60. The van der Waals surface area contributed by atoms with Gasteiger partial charge in [0, 0.05) is 28.6 Å². The van der Waals surface area contributed by atoms with Crippen molar-refractivity contribution in [3.8, 4) is 0 Å². The fourth-order valence-corrected chi connectivity index (χ4v) is 6.41. The van der Waals surface area contributed by atoms with Gasteiger partial charge in [0.1, 0.15) is 21.2 Å². The van der Waals surface area contributed by atoms with Crippen LogP contribution in [0.3, 0.4) is 0 Å². The molecule has 0 spiro atoms. The molecule has 3 aromatic carbocycles. The Labute approximate surface area is 308 Å². The molecule has 14 heteroatoms. The standard InChI is InChI=1S/C36H34Cl4F2N2O6/c1-8-18-13-20(15-21(37)14-18)27-28(36(27,39)40)31(46)43-22-10-11-24(38)23(17-22)26(45)16-19-9-12-25(41)30(29(19)42)44(32(47)49-34(2,3)4)33(48)50-35(5,6)7/h8-15,17,27-28H,1,16H2,2-7H3,(H,43,46). The Hall–Kier alpha value is -3.70. The molecule has 0 radical (unpaired) electrons. The van der Waals surface area contributed by atoms with E-state index in [1.54, 1.807) is 24.3 Å². The Bertz CT molecular complexity index is 1860. The molecule has 4 rings (SSSR count). The lowest BCUT2D eigenvalue weighted by molar-refractivity contribution is -0.117. The SMILES string of the molecule is C=Cc1cc(Cl)cc(C2C(C(=O)Nc3ccc(Cl)c(C(=O)Cc4ccc(F)c(N(C(=O)OC(C)(C)C)C(=O)OC(C)(C)C)c4F)c3)C2(Cl)Cl)c1. The van der Waals surface area contributed by atoms with Gasteiger partial charge in [0.15, 0.2) is 17.4 Å². The van der Waals surface area contributed by atoms with E-state index in [0.29, 0.717) is 10.6 Å². The summed E-state index contributed by atoms with van der Waals surface area (Å²) >= 11 is 25.6. The molecule has 2 unspecified atom stereocenters. The van der Waals surface area contributed by atoms with E-state index in [1.807, 2.05) is 0 Å². The van der Waals surface area contributed by atoms with Crippen LogP contribution in [0.2, 0.25) is 10.0 Å². The number of rotatable bonds is 8. The maximum Gasteiger partial charge on any atom is 0.424 e. The number of amides is 3. The van der Waals surface area contributed by atoms with Gasteiger partial charge in [-0.15, -0.1) is 23.2 Å². The number of carbonyl (C=O) groups is 4. The van der Waals surface area contributed by atoms with Gasteiger partial charge in [-0.1, -0.05) is 48.0 Å². The molecule has 0 saturated heterocycles. The zero-order valence-electron chi connectivity index (χ0n) is 27.9. The van der Waals surface area contributed by atoms with Gasteiger partial charge in [0.2, 0.25) is 5.91 Å². The first-order valence-electron chi connectivity index (χ1n) is 15.2. The molecule has 1 aliphatic carbocycles. The van der Waals surface area contributed by atoms with Gasteiger partial charge in [-0.05, 0) is 94.6 Å². The van der Waals surface area contributed by atoms with Crippen LogP contribution in [0.5, 0.6) is 0 Å². The summed E-state index contributed by atoms with van der Waals surface area (Å²) in [7, 11) is 0. The van der Waals surface area contributed by atoms with E-state index in [0.717, 1.165) is 17.7 Å². The summed E-state index contributed by atoms with van der Waals surface area (Å²) in [5.41, 5.74) is -2.33. The first-order valence-corrected chi connectivity index (χ1v) is 16.7. The maximum absolute atomic E-state index is 16.0. The van der Waals surface area contributed by atoms with Crippen molar-refractivity contribution in [1.29, 1.82) is 0 Å². The highest BCUT2D eigenvalue weighted by molar-refractivity contribution is 6.53. The van der Waals surface area contributed by atoms with Crippen LogP contribution in [0.4, 0.5) is 29.7 Å². The summed E-state index contributed by atoms with van der Waals surface area (Å²) in [5, 5.41) is 3.08. The first-order chi connectivity index (χ1) is 23.0. The molecule has 1 N–H and O–H groups in total. The fourth-order valence-electron chi connectivity index (χ4n) is 5.10. The van der Waals surface area contributed by atoms with E-state index >= 15 is 8.78 Å². The largest absolute Gasteiger partial charge is 0.443 e. The third-order valence-electron chi connectivity index (χ3n) is 7.28. The van der Waals surface area contributed by atoms with Gasteiger partial charge in [0.05, 0.1) is 10.9 Å². The molecule has 0 aliphatic heterocycles. The van der Waals surface area contributed by atoms with Crippen molar-refractivity contribution in [2.24, 2.45) is 5.92 Å². The molecule has 3 aromatic rings. The maximum atomic E-state index is 16.0. The van der Waals surface area contributed by atoms with E-state index in [4.69, 9.17) is 55.9 Å². The van der Waals surface area contributed by atoms with Crippen molar-refractivity contribution in [2.45, 2.75) is 69.4 Å². The number of hydrogen-bond donors (Lipinski definition) is 1. The highest BCUT2D eigenvalue weighted by Crippen LogP contribution is 2.65. The number of anilines is 2. The highest BCUT2D eigenvalue weighted by Gasteiger charge is 2.67. The molecule has 0 bridgehead atoms. The number of Topliss-reactive ketones (excluding diaryl/α,β-unsaturated/α-hetero) is 1. The van der Waals surface area contributed by atoms with Crippen molar-refractivity contribution in [2.75, 3.05) is 10.2 Å². The molecule has 3 amide bonds. The minimum absolute atomic E-state index is 0.0240. The molecule has 2 atom stereocenters. The molecule has 50 heavy (non-hydrogen) atoms. The van der Waals surface area contributed by atoms with Crippen molar-refractivity contribution >= 4 is 87.7 Å². The zero-order chi connectivity index (χ0) is 37.5. The van der Waals surface area contributed by atoms with Crippen molar-refractivity contribution in [1.82, 2.24) is 0 Å². The number of imide groups is 1. The van der Waals surface area contributed by atoms with Gasteiger partial charge in [0.25, 0.3) is 0 Å². The molecule has 8 nitrogen and oxygen atoms in total. The van der Waals surface area contributed by atoms with Gasteiger partial charge >= 0.3 is 12.2 Å². The average molecular weight is 770 g/mol. The molecule has 266 valence electrons. The minimum atomic E-state index is -1.44. The number of hydrogen-bond acceptors (Lipinski definition) is 6. The molecule has 1 fully saturated rings. The number of nitrogens with one attached hydrogen (secondary N) is 1. The first kappa shape index (κ1) is 39.1. The van der Waals surface area contributed by atoms with Crippen LogP contribution in [0, 0.1) is 17.6 Å². The van der Waals surface area contributed by atoms with Crippen molar-refractivity contribution in [3.63, 3.8) is 0 Å². The lowest BCUT2D eigenvalue weighted by atomic mass is 10.0. The highest BCUT2D eigenvalue weighted by atomic mass is 35.5. The molecule has 0 heterocycles. The number of alkyl halides is 2. The second-order valence-electron chi connectivity index (χ2n) is 13.6. The van der Waals surface area contributed by atoms with Crippen molar-refractivity contribution in [3.05, 3.63) is 99.0 Å². The molecule has 0 aromatic heterocycles. The van der Waals surface area contributed by atoms with Gasteiger partial charge < -0.3 is 14.8 Å². The van der Waals surface area contributed by atoms with Gasteiger partial charge in [-0.2, -0.15) is 4.90 Å². The van der Waals surface area contributed by atoms with E-state index in [2.05, 4.69) is 11.9 Å². The van der Waals surface area contributed by atoms with E-state index in [1.165, 1.54) is 59.7 Å². The van der Waals surface area contributed by atoms with Crippen LogP contribution in [0.25, 0.3) is 6.08 Å². The number of nitrogens with zero attached hydrogens (tertiary/aromatic N) is 1. The normalized spacial score (nSPS) is 16.6. The average Bonchev–Trinajstić information content (AvgIpc) is 3.57. The number of benzene rings is 3. The Morgan fingerprint density at radius 1 is 0.920 bits per heavy atom. The van der Waals surface area contributed by atoms with Crippen LogP contribution in [-0.2, 0) is 20.7 Å². The summed E-state index contributed by atoms with van der Waals surface area (Å²) < 4.78 is 40.3. The van der Waals surface area contributed by atoms with Crippen LogP contribution in [-0.4, -0.2) is 39.4 Å². The monoisotopic (exact) mass is 768 g/mol. The number of ether oxygens (including phenoxy) is 2. The van der Waals surface area contributed by atoms with E-state index < -0.39 is 75.0 Å². The quantitative estimate of drug-likeness (QED) is 0.181. The lowest BCUT2D eigenvalue weighted by Crippen LogP contribution is -2.44. The summed E-state index contributed by atoms with van der Waals surface area (Å²) in [4.78, 5) is 53.1.